The molecule has 1 atom stereocenters. The summed E-state index contributed by atoms with van der Waals surface area (Å²) in [4.78, 5) is 20.6. The highest BCUT2D eigenvalue weighted by molar-refractivity contribution is 5.81. The van der Waals surface area contributed by atoms with E-state index in [-0.39, 0.29) is 17.8 Å². The average molecular weight is 262 g/mol. The molecular formula is C13H18N4O2. The summed E-state index contributed by atoms with van der Waals surface area (Å²) in [5.74, 6) is -0.0455. The Morgan fingerprint density at radius 3 is 2.74 bits per heavy atom. The first-order chi connectivity index (χ1) is 8.95. The number of esters is 1. The number of aryl methyl sites for hydroxylation is 1. The van der Waals surface area contributed by atoms with Crippen LogP contribution in [0.4, 0.5) is 5.95 Å². The van der Waals surface area contributed by atoms with Crippen LogP contribution in [0, 0.1) is 12.8 Å². The van der Waals surface area contributed by atoms with Crippen molar-refractivity contribution in [2.24, 2.45) is 5.92 Å². The first kappa shape index (κ1) is 13.3. The van der Waals surface area contributed by atoms with Crippen LogP contribution in [0.15, 0.2) is 12.3 Å². The van der Waals surface area contributed by atoms with Crippen LogP contribution in [0.2, 0.25) is 0 Å². The lowest BCUT2D eigenvalue weighted by Crippen LogP contribution is -2.27. The standard InChI is InChI=1S/C13H18N4O2/c1-7(2)10(12(18)19-4)17-11-9(16-13(17)14)5-8(3)6-15-11/h5-7,10H,1-4H3,(H2,14,16). The molecule has 6 heteroatoms. The number of carbonyl (C=O) groups is 1. The number of carbonyl (C=O) groups excluding carboxylic acids is 1. The Morgan fingerprint density at radius 1 is 1.47 bits per heavy atom. The minimum atomic E-state index is -0.523. The summed E-state index contributed by atoms with van der Waals surface area (Å²) in [5, 5.41) is 0. The lowest BCUT2D eigenvalue weighted by atomic mass is 10.0. The van der Waals surface area contributed by atoms with Crippen LogP contribution in [-0.2, 0) is 9.53 Å². The molecule has 0 saturated heterocycles. The summed E-state index contributed by atoms with van der Waals surface area (Å²) in [5.41, 5.74) is 8.23. The van der Waals surface area contributed by atoms with Crippen molar-refractivity contribution in [1.82, 2.24) is 14.5 Å². The van der Waals surface area contributed by atoms with E-state index in [1.165, 1.54) is 7.11 Å². The predicted molar refractivity (Wildman–Crippen MR) is 72.6 cm³/mol. The Kier molecular flexibility index (Phi) is 3.42. The smallest absolute Gasteiger partial charge is 0.329 e. The number of imidazole rings is 1. The number of fused-ring (bicyclic) bond motifs is 1. The van der Waals surface area contributed by atoms with Crippen LogP contribution < -0.4 is 5.73 Å². The fourth-order valence-corrected chi connectivity index (χ4v) is 2.17. The van der Waals surface area contributed by atoms with Gasteiger partial charge in [-0.25, -0.2) is 14.8 Å². The van der Waals surface area contributed by atoms with Gasteiger partial charge in [-0.1, -0.05) is 13.8 Å². The minimum absolute atomic E-state index is 0.0234. The van der Waals surface area contributed by atoms with Crippen molar-refractivity contribution in [3.05, 3.63) is 17.8 Å². The van der Waals surface area contributed by atoms with Crippen molar-refractivity contribution in [2.75, 3.05) is 12.8 Å². The highest BCUT2D eigenvalue weighted by atomic mass is 16.5. The van der Waals surface area contributed by atoms with Gasteiger partial charge in [0.05, 0.1) is 7.11 Å². The lowest BCUT2D eigenvalue weighted by Gasteiger charge is -2.21. The molecule has 2 N–H and O–H groups in total. The van der Waals surface area contributed by atoms with Crippen LogP contribution in [0.1, 0.15) is 25.5 Å². The van der Waals surface area contributed by atoms with Crippen LogP contribution in [0.5, 0.6) is 0 Å². The number of ether oxygens (including phenoxy) is 1. The van der Waals surface area contributed by atoms with Crippen LogP contribution in [-0.4, -0.2) is 27.6 Å². The second kappa shape index (κ2) is 4.87. The molecule has 0 aliphatic heterocycles. The highest BCUT2D eigenvalue weighted by Crippen LogP contribution is 2.27. The molecule has 6 nitrogen and oxygen atoms in total. The fraction of sp³-hybridized carbons (Fsp3) is 0.462. The van der Waals surface area contributed by atoms with Crippen molar-refractivity contribution >= 4 is 23.1 Å². The third-order valence-electron chi connectivity index (χ3n) is 3.05. The van der Waals surface area contributed by atoms with Gasteiger partial charge >= 0.3 is 5.97 Å². The van der Waals surface area contributed by atoms with Gasteiger partial charge in [-0.05, 0) is 24.5 Å². The van der Waals surface area contributed by atoms with E-state index in [0.717, 1.165) is 5.56 Å². The van der Waals surface area contributed by atoms with Crippen molar-refractivity contribution < 1.29 is 9.53 Å². The van der Waals surface area contributed by atoms with Gasteiger partial charge in [-0.2, -0.15) is 0 Å². The molecule has 1 unspecified atom stereocenters. The second-order valence-electron chi connectivity index (χ2n) is 4.91. The number of anilines is 1. The molecule has 0 bridgehead atoms. The Hall–Kier alpha value is -2.11. The molecule has 2 rings (SSSR count). The summed E-state index contributed by atoms with van der Waals surface area (Å²) in [7, 11) is 1.37. The molecular weight excluding hydrogens is 244 g/mol. The molecule has 19 heavy (non-hydrogen) atoms. The average Bonchev–Trinajstić information content (AvgIpc) is 2.65. The molecule has 2 aromatic heterocycles. The Morgan fingerprint density at radius 2 is 2.16 bits per heavy atom. The van der Waals surface area contributed by atoms with Gasteiger partial charge in [0, 0.05) is 6.20 Å². The van der Waals surface area contributed by atoms with Gasteiger partial charge in [0.2, 0.25) is 5.95 Å². The summed E-state index contributed by atoms with van der Waals surface area (Å²) in [6, 6.07) is 1.37. The predicted octanol–water partition coefficient (Wildman–Crippen LogP) is 1.69. The maximum atomic E-state index is 12.0. The molecule has 0 aliphatic carbocycles. The maximum absolute atomic E-state index is 12.0. The highest BCUT2D eigenvalue weighted by Gasteiger charge is 2.29. The van der Waals surface area contributed by atoms with E-state index < -0.39 is 6.04 Å². The second-order valence-corrected chi connectivity index (χ2v) is 4.91. The zero-order chi connectivity index (χ0) is 14.2. The molecule has 102 valence electrons. The Labute approximate surface area is 111 Å². The lowest BCUT2D eigenvalue weighted by molar-refractivity contribution is -0.145. The van der Waals surface area contributed by atoms with Crippen molar-refractivity contribution in [3.63, 3.8) is 0 Å². The normalized spacial score (nSPS) is 12.9. The zero-order valence-corrected chi connectivity index (χ0v) is 11.5. The van der Waals surface area contributed by atoms with Gasteiger partial charge in [-0.15, -0.1) is 0 Å². The van der Waals surface area contributed by atoms with Gasteiger partial charge in [0.25, 0.3) is 0 Å². The molecule has 0 aromatic carbocycles. The van der Waals surface area contributed by atoms with E-state index in [0.29, 0.717) is 11.2 Å². The van der Waals surface area contributed by atoms with E-state index in [4.69, 9.17) is 10.5 Å². The van der Waals surface area contributed by atoms with Crippen molar-refractivity contribution in [3.8, 4) is 0 Å². The first-order valence-corrected chi connectivity index (χ1v) is 6.13. The van der Waals surface area contributed by atoms with Gasteiger partial charge in [0.15, 0.2) is 5.65 Å². The third kappa shape index (κ3) is 2.25. The largest absolute Gasteiger partial charge is 0.467 e. The number of methoxy groups -OCH3 is 1. The van der Waals surface area contributed by atoms with Crippen molar-refractivity contribution in [1.29, 1.82) is 0 Å². The number of nitrogen functional groups attached to an aromatic ring is 1. The topological polar surface area (TPSA) is 83.0 Å². The maximum Gasteiger partial charge on any atom is 0.329 e. The van der Waals surface area contributed by atoms with E-state index in [1.807, 2.05) is 26.8 Å². The third-order valence-corrected chi connectivity index (χ3v) is 3.05. The number of pyridine rings is 1. The Balaban J connectivity index is 2.65. The SMILES string of the molecule is COC(=O)C(C(C)C)n1c(N)nc2cc(C)cnc21. The molecule has 2 heterocycles. The number of nitrogens with zero attached hydrogens (tertiary/aromatic N) is 3. The van der Waals surface area contributed by atoms with E-state index in [1.54, 1.807) is 10.8 Å². The van der Waals surface area contributed by atoms with Gasteiger partial charge < -0.3 is 10.5 Å². The minimum Gasteiger partial charge on any atom is -0.467 e. The van der Waals surface area contributed by atoms with Crippen LogP contribution in [0.3, 0.4) is 0 Å². The molecule has 0 fully saturated rings. The molecule has 0 saturated carbocycles. The summed E-state index contributed by atoms with van der Waals surface area (Å²) in [6.07, 6.45) is 1.73. The molecule has 0 amide bonds. The summed E-state index contributed by atoms with van der Waals surface area (Å²) in [6.45, 7) is 5.80. The molecule has 2 aromatic rings. The van der Waals surface area contributed by atoms with Gasteiger partial charge in [0.1, 0.15) is 11.6 Å². The molecule has 0 spiro atoms. The van der Waals surface area contributed by atoms with E-state index in [9.17, 15) is 4.79 Å². The zero-order valence-electron chi connectivity index (χ0n) is 11.5. The molecule has 0 radical (unpaired) electrons. The number of rotatable bonds is 3. The molecule has 0 aliphatic rings. The van der Waals surface area contributed by atoms with Crippen LogP contribution >= 0.6 is 0 Å². The fourth-order valence-electron chi connectivity index (χ4n) is 2.17. The summed E-state index contributed by atoms with van der Waals surface area (Å²) >= 11 is 0. The number of nitrogens with two attached hydrogens (primary N) is 1. The monoisotopic (exact) mass is 262 g/mol. The van der Waals surface area contributed by atoms with Crippen molar-refractivity contribution in [2.45, 2.75) is 26.8 Å². The van der Waals surface area contributed by atoms with Gasteiger partial charge in [-0.3, -0.25) is 4.57 Å². The number of aromatic nitrogens is 3. The summed E-state index contributed by atoms with van der Waals surface area (Å²) < 4.78 is 6.50. The first-order valence-electron chi connectivity index (χ1n) is 6.13. The van der Waals surface area contributed by atoms with E-state index >= 15 is 0 Å². The van der Waals surface area contributed by atoms with Crippen LogP contribution in [0.25, 0.3) is 11.2 Å². The Bertz CT molecular complexity index is 618. The number of hydrogen-bond donors (Lipinski definition) is 1. The van der Waals surface area contributed by atoms with E-state index in [2.05, 4.69) is 9.97 Å². The number of hydrogen-bond acceptors (Lipinski definition) is 5. The quantitative estimate of drug-likeness (QED) is 0.851.